The molecule has 33 heavy (non-hydrogen) atoms. The van der Waals surface area contributed by atoms with Crippen LogP contribution in [0.5, 0.6) is 5.75 Å². The number of carbonyl (C=O) groups excluding carboxylic acids is 2. The van der Waals surface area contributed by atoms with Gasteiger partial charge in [0.2, 0.25) is 11.8 Å². The van der Waals surface area contributed by atoms with E-state index in [0.717, 1.165) is 16.5 Å². The molecule has 0 saturated carbocycles. The molecule has 4 rings (SSSR count). The third-order valence-corrected chi connectivity index (χ3v) is 4.92. The number of amides is 2. The highest BCUT2D eigenvalue weighted by molar-refractivity contribution is 6.03. The molecule has 0 spiro atoms. The van der Waals surface area contributed by atoms with Gasteiger partial charge in [0, 0.05) is 28.9 Å². The standard InChI is InChI=1S/C24H22N4O4.ClH/c25-19(12-15-14-26-20-6-2-1-5-18(15)20)24(31)28-21-13-16(7-9-22(21)29)27-23(30)10-8-17-4-3-11-32-17;/h1-11,13-14,19,26,29H,12,25H2,(H,27,30)(H,28,31);1H/b10-8+;/t19-;/m0./s1. The normalized spacial score (nSPS) is 11.8. The first-order valence-corrected chi connectivity index (χ1v) is 9.96. The second kappa shape index (κ2) is 10.5. The van der Waals surface area contributed by atoms with Crippen molar-refractivity contribution in [1.29, 1.82) is 0 Å². The number of para-hydroxylation sites is 1. The molecule has 0 saturated heterocycles. The molecule has 2 aromatic heterocycles. The van der Waals surface area contributed by atoms with Crippen molar-refractivity contribution in [1.82, 2.24) is 4.98 Å². The molecule has 0 unspecified atom stereocenters. The van der Waals surface area contributed by atoms with E-state index in [0.29, 0.717) is 17.9 Å². The van der Waals surface area contributed by atoms with E-state index in [1.165, 1.54) is 36.6 Å². The van der Waals surface area contributed by atoms with Crippen LogP contribution in [0.25, 0.3) is 17.0 Å². The SMILES string of the molecule is Cl.N[C@@H](Cc1c[nH]c2ccccc12)C(=O)Nc1cc(NC(=O)/C=C/c2ccco2)ccc1O. The third-order valence-electron chi connectivity index (χ3n) is 4.92. The number of benzene rings is 2. The van der Waals surface area contributed by atoms with E-state index in [4.69, 9.17) is 10.2 Å². The summed E-state index contributed by atoms with van der Waals surface area (Å²) in [5.41, 5.74) is 8.55. The number of aromatic amines is 1. The Hall–Kier alpha value is -4.01. The van der Waals surface area contributed by atoms with Gasteiger partial charge in [-0.15, -0.1) is 12.4 Å². The second-order valence-corrected chi connectivity index (χ2v) is 7.23. The Kier molecular flexibility index (Phi) is 7.55. The number of aromatic nitrogens is 1. The van der Waals surface area contributed by atoms with Crippen LogP contribution < -0.4 is 16.4 Å². The van der Waals surface area contributed by atoms with Gasteiger partial charge in [-0.25, -0.2) is 0 Å². The van der Waals surface area contributed by atoms with E-state index in [9.17, 15) is 14.7 Å². The number of nitrogens with one attached hydrogen (secondary N) is 3. The minimum Gasteiger partial charge on any atom is -0.506 e. The van der Waals surface area contributed by atoms with Gasteiger partial charge in [0.05, 0.1) is 18.0 Å². The molecule has 1 atom stereocenters. The van der Waals surface area contributed by atoms with Crippen LogP contribution in [0.2, 0.25) is 0 Å². The number of halogens is 1. The number of fused-ring (bicyclic) bond motifs is 1. The fourth-order valence-electron chi connectivity index (χ4n) is 3.30. The predicted octanol–water partition coefficient (Wildman–Crippen LogP) is 4.05. The van der Waals surface area contributed by atoms with Crippen molar-refractivity contribution in [3.05, 3.63) is 84.5 Å². The van der Waals surface area contributed by atoms with Crippen LogP contribution in [0, 0.1) is 0 Å². The molecule has 170 valence electrons. The summed E-state index contributed by atoms with van der Waals surface area (Å²) in [6.07, 6.45) is 6.52. The molecule has 0 aliphatic heterocycles. The monoisotopic (exact) mass is 466 g/mol. The molecule has 9 heteroatoms. The summed E-state index contributed by atoms with van der Waals surface area (Å²) in [5, 5.41) is 16.4. The molecule has 6 N–H and O–H groups in total. The second-order valence-electron chi connectivity index (χ2n) is 7.23. The van der Waals surface area contributed by atoms with Crippen molar-refractivity contribution in [2.75, 3.05) is 10.6 Å². The molecule has 0 bridgehead atoms. The van der Waals surface area contributed by atoms with Gasteiger partial charge in [-0.3, -0.25) is 9.59 Å². The Labute approximate surface area is 195 Å². The summed E-state index contributed by atoms with van der Waals surface area (Å²) in [7, 11) is 0. The molecular weight excluding hydrogens is 444 g/mol. The fraction of sp³-hybridized carbons (Fsp3) is 0.0833. The Bertz CT molecular complexity index is 1280. The smallest absolute Gasteiger partial charge is 0.248 e. The number of rotatable bonds is 7. The predicted molar refractivity (Wildman–Crippen MR) is 130 cm³/mol. The molecule has 8 nitrogen and oxygen atoms in total. The van der Waals surface area contributed by atoms with Gasteiger partial charge in [-0.05, 0) is 54.5 Å². The number of furan rings is 1. The first kappa shape index (κ1) is 23.6. The molecule has 2 heterocycles. The lowest BCUT2D eigenvalue weighted by atomic mass is 10.0. The van der Waals surface area contributed by atoms with E-state index >= 15 is 0 Å². The summed E-state index contributed by atoms with van der Waals surface area (Å²) in [5.74, 6) is -0.433. The van der Waals surface area contributed by atoms with Gasteiger partial charge in [0.15, 0.2) is 0 Å². The lowest BCUT2D eigenvalue weighted by Crippen LogP contribution is -2.37. The van der Waals surface area contributed by atoms with E-state index in [2.05, 4.69) is 15.6 Å². The molecule has 0 aliphatic carbocycles. The largest absolute Gasteiger partial charge is 0.506 e. The van der Waals surface area contributed by atoms with Crippen LogP contribution in [0.15, 0.2) is 77.6 Å². The van der Waals surface area contributed by atoms with Crippen molar-refractivity contribution in [3.8, 4) is 5.75 Å². The van der Waals surface area contributed by atoms with Crippen molar-refractivity contribution >= 4 is 52.6 Å². The summed E-state index contributed by atoms with van der Waals surface area (Å²) in [6.45, 7) is 0. The van der Waals surface area contributed by atoms with Crippen molar-refractivity contribution < 1.29 is 19.1 Å². The van der Waals surface area contributed by atoms with Crippen LogP contribution in [-0.2, 0) is 16.0 Å². The highest BCUT2D eigenvalue weighted by atomic mass is 35.5. The number of nitrogens with two attached hydrogens (primary N) is 1. The highest BCUT2D eigenvalue weighted by Crippen LogP contribution is 2.27. The van der Waals surface area contributed by atoms with Gasteiger partial charge in [-0.2, -0.15) is 0 Å². The fourth-order valence-corrected chi connectivity index (χ4v) is 3.30. The number of phenols is 1. The number of aromatic hydroxyl groups is 1. The number of carbonyl (C=O) groups is 2. The average Bonchev–Trinajstić information content (AvgIpc) is 3.45. The Balaban J connectivity index is 0.00000306. The Morgan fingerprint density at radius 3 is 2.73 bits per heavy atom. The number of anilines is 2. The number of phenolic OH excluding ortho intramolecular Hbond substituents is 1. The van der Waals surface area contributed by atoms with E-state index < -0.39 is 11.9 Å². The van der Waals surface area contributed by atoms with Crippen molar-refractivity contribution in [2.24, 2.45) is 5.73 Å². The lowest BCUT2D eigenvalue weighted by Gasteiger charge is -2.14. The number of hydrogen-bond acceptors (Lipinski definition) is 5. The lowest BCUT2D eigenvalue weighted by molar-refractivity contribution is -0.117. The summed E-state index contributed by atoms with van der Waals surface area (Å²) in [6, 6.07) is 14.7. The molecule has 0 fully saturated rings. The van der Waals surface area contributed by atoms with Gasteiger partial charge in [0.1, 0.15) is 11.5 Å². The minimum absolute atomic E-state index is 0. The highest BCUT2D eigenvalue weighted by Gasteiger charge is 2.18. The molecule has 4 aromatic rings. The van der Waals surface area contributed by atoms with Crippen LogP contribution in [0.3, 0.4) is 0 Å². The summed E-state index contributed by atoms with van der Waals surface area (Å²) in [4.78, 5) is 27.9. The van der Waals surface area contributed by atoms with Crippen molar-refractivity contribution in [2.45, 2.75) is 12.5 Å². The van der Waals surface area contributed by atoms with E-state index in [-0.39, 0.29) is 29.8 Å². The molecule has 2 amide bonds. The van der Waals surface area contributed by atoms with Crippen LogP contribution >= 0.6 is 12.4 Å². The van der Waals surface area contributed by atoms with E-state index in [1.54, 1.807) is 12.1 Å². The summed E-state index contributed by atoms with van der Waals surface area (Å²) >= 11 is 0. The maximum Gasteiger partial charge on any atom is 0.248 e. The Morgan fingerprint density at radius 2 is 1.94 bits per heavy atom. The van der Waals surface area contributed by atoms with Gasteiger partial charge in [0.25, 0.3) is 0 Å². The number of H-pyrrole nitrogens is 1. The van der Waals surface area contributed by atoms with Gasteiger partial charge < -0.3 is 30.9 Å². The van der Waals surface area contributed by atoms with Gasteiger partial charge in [-0.1, -0.05) is 18.2 Å². The molecule has 0 aliphatic rings. The maximum absolute atomic E-state index is 12.6. The number of hydrogen-bond donors (Lipinski definition) is 5. The molecule has 2 aromatic carbocycles. The van der Waals surface area contributed by atoms with Crippen LogP contribution in [-0.4, -0.2) is 27.9 Å². The van der Waals surface area contributed by atoms with Crippen LogP contribution in [0.4, 0.5) is 11.4 Å². The zero-order chi connectivity index (χ0) is 22.5. The van der Waals surface area contributed by atoms with Crippen LogP contribution in [0.1, 0.15) is 11.3 Å². The first-order valence-electron chi connectivity index (χ1n) is 9.96. The topological polar surface area (TPSA) is 133 Å². The first-order chi connectivity index (χ1) is 15.5. The maximum atomic E-state index is 12.6. The summed E-state index contributed by atoms with van der Waals surface area (Å²) < 4.78 is 5.13. The quantitative estimate of drug-likeness (QED) is 0.159. The zero-order valence-corrected chi connectivity index (χ0v) is 18.3. The average molecular weight is 467 g/mol. The third kappa shape index (κ3) is 5.82. The zero-order valence-electron chi connectivity index (χ0n) is 17.4. The molecular formula is C24H23ClN4O4. The molecule has 0 radical (unpaired) electrons. The minimum atomic E-state index is -0.830. The van der Waals surface area contributed by atoms with Crippen molar-refractivity contribution in [3.63, 3.8) is 0 Å². The van der Waals surface area contributed by atoms with E-state index in [1.807, 2.05) is 30.5 Å². The van der Waals surface area contributed by atoms with Gasteiger partial charge >= 0.3 is 0 Å². The Morgan fingerprint density at radius 1 is 1.12 bits per heavy atom.